The summed E-state index contributed by atoms with van der Waals surface area (Å²) >= 11 is 4.74. The van der Waals surface area contributed by atoms with Crippen LogP contribution in [0.1, 0.15) is 44.9 Å². The van der Waals surface area contributed by atoms with E-state index >= 15 is 0 Å². The van der Waals surface area contributed by atoms with Crippen LogP contribution in [-0.4, -0.2) is 30.4 Å². The van der Waals surface area contributed by atoms with Crippen LogP contribution in [0, 0.1) is 0 Å². The summed E-state index contributed by atoms with van der Waals surface area (Å²) in [6.07, 6.45) is 1.69. The van der Waals surface area contributed by atoms with Gasteiger partial charge in [-0.2, -0.15) is 0 Å². The summed E-state index contributed by atoms with van der Waals surface area (Å²) in [6, 6.07) is 12.3. The molecule has 2 heterocycles. The molecule has 0 spiro atoms. The number of aromatic nitrogens is 1. The van der Waals surface area contributed by atoms with E-state index in [2.05, 4.69) is 20.9 Å². The monoisotopic (exact) mass is 570 g/mol. The average Bonchev–Trinajstić information content (AvgIpc) is 3.13. The molecule has 1 atom stereocenters. The van der Waals surface area contributed by atoms with Gasteiger partial charge in [-0.05, 0) is 58.0 Å². The first-order valence-corrected chi connectivity index (χ1v) is 13.1. The molecular weight excluding hydrogens is 544 g/mol. The normalized spacial score (nSPS) is 15.5. The van der Waals surface area contributed by atoms with Gasteiger partial charge in [0.25, 0.3) is 5.56 Å². The number of nitrogens with zero attached hydrogens (tertiary/aromatic N) is 2. The van der Waals surface area contributed by atoms with Crippen molar-refractivity contribution < 1.29 is 19.0 Å². The number of para-hydroxylation sites is 1. The fraction of sp³-hybridized carbons (Fsp3) is 0.296. The lowest BCUT2D eigenvalue weighted by molar-refractivity contribution is -0.139. The molecule has 1 unspecified atom stereocenters. The Hall–Kier alpha value is -3.17. The summed E-state index contributed by atoms with van der Waals surface area (Å²) in [4.78, 5) is 32.1. The number of hydrogen-bond donors (Lipinski definition) is 0. The number of thiazole rings is 1. The fourth-order valence-corrected chi connectivity index (χ4v) is 5.53. The van der Waals surface area contributed by atoms with E-state index in [1.165, 1.54) is 11.3 Å². The van der Waals surface area contributed by atoms with Crippen molar-refractivity contribution in [3.05, 3.63) is 89.0 Å². The average molecular weight is 571 g/mol. The van der Waals surface area contributed by atoms with Crippen molar-refractivity contribution in [3.63, 3.8) is 0 Å². The van der Waals surface area contributed by atoms with E-state index in [0.29, 0.717) is 37.7 Å². The molecule has 1 aliphatic heterocycles. The third-order valence-corrected chi connectivity index (χ3v) is 7.05. The Morgan fingerprint density at radius 3 is 2.67 bits per heavy atom. The van der Waals surface area contributed by atoms with Crippen LogP contribution in [-0.2, 0) is 9.53 Å². The van der Waals surface area contributed by atoms with Crippen molar-refractivity contribution >= 4 is 39.3 Å². The molecule has 2 aromatic carbocycles. The fourth-order valence-electron chi connectivity index (χ4n) is 4.11. The van der Waals surface area contributed by atoms with Gasteiger partial charge in [-0.3, -0.25) is 9.36 Å². The molecule has 0 bridgehead atoms. The Bertz CT molecular complexity index is 1520. The number of fused-ring (bicyclic) bond motifs is 1. The van der Waals surface area contributed by atoms with Crippen LogP contribution in [0.4, 0.5) is 0 Å². The summed E-state index contributed by atoms with van der Waals surface area (Å²) in [5.74, 6) is 0.725. The lowest BCUT2D eigenvalue weighted by atomic mass is 9.95. The zero-order valence-corrected chi connectivity index (χ0v) is 23.1. The molecule has 0 radical (unpaired) electrons. The van der Waals surface area contributed by atoms with Gasteiger partial charge >= 0.3 is 5.97 Å². The molecule has 9 heteroatoms. The molecular formula is C27H27BrN2O5S. The molecule has 4 rings (SSSR count). The number of ether oxygens (including phenoxy) is 3. The zero-order valence-electron chi connectivity index (χ0n) is 20.7. The smallest absolute Gasteiger partial charge is 0.338 e. The third-order valence-electron chi connectivity index (χ3n) is 5.57. The van der Waals surface area contributed by atoms with Gasteiger partial charge in [-0.15, -0.1) is 0 Å². The number of rotatable bonds is 7. The van der Waals surface area contributed by atoms with Crippen molar-refractivity contribution in [1.82, 2.24) is 4.57 Å². The second-order valence-electron chi connectivity index (χ2n) is 8.39. The van der Waals surface area contributed by atoms with Gasteiger partial charge in [-0.1, -0.05) is 45.5 Å². The van der Waals surface area contributed by atoms with E-state index in [1.54, 1.807) is 31.6 Å². The molecule has 1 aliphatic rings. The lowest BCUT2D eigenvalue weighted by Crippen LogP contribution is -2.40. The summed E-state index contributed by atoms with van der Waals surface area (Å²) in [6.45, 7) is 7.58. The van der Waals surface area contributed by atoms with Crippen LogP contribution in [0.2, 0.25) is 0 Å². The van der Waals surface area contributed by atoms with Crippen molar-refractivity contribution in [3.8, 4) is 11.5 Å². The number of benzene rings is 2. The Morgan fingerprint density at radius 1 is 1.22 bits per heavy atom. The van der Waals surface area contributed by atoms with E-state index in [4.69, 9.17) is 14.2 Å². The van der Waals surface area contributed by atoms with Crippen LogP contribution >= 0.6 is 27.3 Å². The van der Waals surface area contributed by atoms with Gasteiger partial charge in [0.1, 0.15) is 17.5 Å². The van der Waals surface area contributed by atoms with Crippen LogP contribution in [0.15, 0.2) is 68.0 Å². The first-order chi connectivity index (χ1) is 17.2. The number of allylic oxidation sites excluding steroid dienone is 1. The summed E-state index contributed by atoms with van der Waals surface area (Å²) < 4.78 is 19.8. The highest BCUT2D eigenvalue weighted by atomic mass is 79.9. The number of hydrogen-bond acceptors (Lipinski definition) is 7. The van der Waals surface area contributed by atoms with E-state index in [0.717, 1.165) is 10.0 Å². The van der Waals surface area contributed by atoms with Gasteiger partial charge in [-0.25, -0.2) is 9.79 Å². The standard InChI is InChI=1S/C27H27BrN2O5S/c1-6-34-26(32)23-16(4)29-27-30(24(23)19-9-7-8-10-21(19)35-15(2)3)25(31)22(36-27)14-17-13-18(28)11-12-20(17)33-5/h7-15,24H,6H2,1-5H3. The number of methoxy groups -OCH3 is 1. The van der Waals surface area contributed by atoms with Gasteiger partial charge in [0, 0.05) is 15.6 Å². The molecule has 188 valence electrons. The molecule has 1 aromatic heterocycles. The van der Waals surface area contributed by atoms with Crippen molar-refractivity contribution in [2.75, 3.05) is 13.7 Å². The highest BCUT2D eigenvalue weighted by Crippen LogP contribution is 2.36. The summed E-state index contributed by atoms with van der Waals surface area (Å²) in [5, 5.41) is 0. The summed E-state index contributed by atoms with van der Waals surface area (Å²) in [5.41, 5.74) is 2.00. The van der Waals surface area contributed by atoms with E-state index in [-0.39, 0.29) is 18.3 Å². The van der Waals surface area contributed by atoms with Gasteiger partial charge < -0.3 is 14.2 Å². The van der Waals surface area contributed by atoms with Crippen LogP contribution in [0.3, 0.4) is 0 Å². The molecule has 3 aromatic rings. The predicted octanol–water partition coefficient (Wildman–Crippen LogP) is 4.36. The minimum Gasteiger partial charge on any atom is -0.496 e. The number of carbonyl (C=O) groups excluding carboxylic acids is 1. The van der Waals surface area contributed by atoms with Crippen LogP contribution in [0.25, 0.3) is 6.08 Å². The maximum atomic E-state index is 13.9. The number of esters is 1. The van der Waals surface area contributed by atoms with Gasteiger partial charge in [0.2, 0.25) is 0 Å². The first-order valence-electron chi connectivity index (χ1n) is 11.5. The summed E-state index contributed by atoms with van der Waals surface area (Å²) in [7, 11) is 1.59. The highest BCUT2D eigenvalue weighted by molar-refractivity contribution is 9.10. The molecule has 0 amide bonds. The third kappa shape index (κ3) is 5.03. The van der Waals surface area contributed by atoms with Crippen molar-refractivity contribution in [2.45, 2.75) is 39.8 Å². The number of halogens is 1. The van der Waals surface area contributed by atoms with E-state index in [1.807, 2.05) is 56.3 Å². The number of carbonyl (C=O) groups is 1. The largest absolute Gasteiger partial charge is 0.496 e. The molecule has 0 saturated heterocycles. The SMILES string of the molecule is CCOC(=O)C1=C(C)N=c2sc(=Cc3cc(Br)ccc3OC)c(=O)n2C1c1ccccc1OC(C)C. The van der Waals surface area contributed by atoms with Crippen molar-refractivity contribution in [2.24, 2.45) is 4.99 Å². The second kappa shape index (κ2) is 10.8. The molecule has 0 saturated carbocycles. The van der Waals surface area contributed by atoms with Crippen LogP contribution in [0.5, 0.6) is 11.5 Å². The Kier molecular flexibility index (Phi) is 7.80. The second-order valence-corrected chi connectivity index (χ2v) is 10.3. The Morgan fingerprint density at radius 2 is 1.97 bits per heavy atom. The minimum atomic E-state index is -0.748. The highest BCUT2D eigenvalue weighted by Gasteiger charge is 2.35. The van der Waals surface area contributed by atoms with E-state index < -0.39 is 12.0 Å². The molecule has 0 fully saturated rings. The predicted molar refractivity (Wildman–Crippen MR) is 143 cm³/mol. The van der Waals surface area contributed by atoms with Gasteiger partial charge in [0.05, 0.1) is 35.6 Å². The lowest BCUT2D eigenvalue weighted by Gasteiger charge is -2.26. The maximum absolute atomic E-state index is 13.9. The Labute approximate surface area is 221 Å². The van der Waals surface area contributed by atoms with Crippen molar-refractivity contribution in [1.29, 1.82) is 0 Å². The van der Waals surface area contributed by atoms with Crippen LogP contribution < -0.4 is 24.4 Å². The zero-order chi connectivity index (χ0) is 26.0. The quantitative estimate of drug-likeness (QED) is 0.394. The molecule has 7 nitrogen and oxygen atoms in total. The molecule has 0 N–H and O–H groups in total. The van der Waals surface area contributed by atoms with Gasteiger partial charge in [0.15, 0.2) is 4.80 Å². The molecule has 36 heavy (non-hydrogen) atoms. The first kappa shape index (κ1) is 25.9. The van der Waals surface area contributed by atoms with E-state index in [9.17, 15) is 9.59 Å². The topological polar surface area (TPSA) is 79.1 Å². The Balaban J connectivity index is 2.00. The molecule has 0 aliphatic carbocycles. The maximum Gasteiger partial charge on any atom is 0.338 e. The minimum absolute atomic E-state index is 0.0953.